The smallest absolute Gasteiger partial charge is 0.231 e. The number of nitrogens with zero attached hydrogens (tertiary/aromatic N) is 5. The van der Waals surface area contributed by atoms with Gasteiger partial charge in [-0.25, -0.2) is 4.68 Å². The second-order valence-corrected chi connectivity index (χ2v) is 9.07. The van der Waals surface area contributed by atoms with Gasteiger partial charge < -0.3 is 30.7 Å². The number of aromatic nitrogens is 4. The fourth-order valence-electron chi connectivity index (χ4n) is 4.66. The molecule has 0 aliphatic carbocycles. The van der Waals surface area contributed by atoms with Gasteiger partial charge in [0.25, 0.3) is 0 Å². The highest BCUT2D eigenvalue weighted by Crippen LogP contribution is 2.31. The summed E-state index contributed by atoms with van der Waals surface area (Å²) in [5, 5.41) is 12.2. The Hall–Kier alpha value is -3.89. The van der Waals surface area contributed by atoms with Crippen LogP contribution in [-0.4, -0.2) is 52.7 Å². The lowest BCUT2D eigenvalue weighted by molar-refractivity contribution is -0.0370. The maximum atomic E-state index is 6.00. The molecule has 0 amide bonds. The summed E-state index contributed by atoms with van der Waals surface area (Å²) < 4.78 is 13.3. The largest absolute Gasteiger partial charge is 0.399 e. The molecule has 10 heteroatoms. The average molecular weight is 487 g/mol. The lowest BCUT2D eigenvalue weighted by Crippen LogP contribution is -2.36. The predicted molar refractivity (Wildman–Crippen MR) is 141 cm³/mol. The minimum atomic E-state index is -0.132. The number of anilines is 6. The summed E-state index contributed by atoms with van der Waals surface area (Å²) in [6.45, 7) is 4.06. The molecule has 0 spiro atoms. The molecule has 2 saturated heterocycles. The van der Waals surface area contributed by atoms with E-state index in [-0.39, 0.29) is 6.23 Å². The van der Waals surface area contributed by atoms with Crippen LogP contribution in [-0.2, 0) is 9.47 Å². The van der Waals surface area contributed by atoms with Crippen LogP contribution in [0.15, 0.2) is 54.7 Å². The monoisotopic (exact) mass is 486 g/mol. The third kappa shape index (κ3) is 4.77. The standard InChI is InChI=1S/C26H30N8O2/c27-18-4-3-5-20(16-18)30-26-31-24(22-17-28-34(25(22)32-26)23-6-1-2-13-36-23)29-19-7-9-21(10-8-19)33-11-14-35-15-12-33/h3-5,7-10,16-17,23H,1-2,6,11-15,27H2,(H2,29,30,31,32). The van der Waals surface area contributed by atoms with Crippen molar-refractivity contribution < 1.29 is 9.47 Å². The van der Waals surface area contributed by atoms with Crippen molar-refractivity contribution in [1.82, 2.24) is 19.7 Å². The van der Waals surface area contributed by atoms with Crippen LogP contribution in [0.25, 0.3) is 11.0 Å². The summed E-state index contributed by atoms with van der Waals surface area (Å²) >= 11 is 0. The first-order chi connectivity index (χ1) is 17.7. The number of hydrogen-bond donors (Lipinski definition) is 3. The maximum absolute atomic E-state index is 6.00. The number of nitrogens with one attached hydrogen (secondary N) is 2. The highest BCUT2D eigenvalue weighted by molar-refractivity contribution is 5.90. The Bertz CT molecular complexity index is 1330. The van der Waals surface area contributed by atoms with Crippen molar-refractivity contribution in [2.24, 2.45) is 0 Å². The molecule has 2 aliphatic heterocycles. The molecule has 36 heavy (non-hydrogen) atoms. The van der Waals surface area contributed by atoms with Gasteiger partial charge in [0.2, 0.25) is 5.95 Å². The molecular formula is C26H30N8O2. The zero-order chi connectivity index (χ0) is 24.3. The molecule has 0 saturated carbocycles. The van der Waals surface area contributed by atoms with E-state index in [9.17, 15) is 0 Å². The second-order valence-electron chi connectivity index (χ2n) is 9.07. The third-order valence-electron chi connectivity index (χ3n) is 6.53. The fraction of sp³-hybridized carbons (Fsp3) is 0.346. The van der Waals surface area contributed by atoms with Gasteiger partial charge in [0.15, 0.2) is 11.9 Å². The molecular weight excluding hydrogens is 456 g/mol. The zero-order valence-electron chi connectivity index (χ0n) is 20.1. The van der Waals surface area contributed by atoms with E-state index in [4.69, 9.17) is 25.2 Å². The van der Waals surface area contributed by atoms with Crippen LogP contribution in [0.2, 0.25) is 0 Å². The Labute approximate surface area is 209 Å². The first-order valence-electron chi connectivity index (χ1n) is 12.4. The first-order valence-corrected chi connectivity index (χ1v) is 12.4. The minimum absolute atomic E-state index is 0.132. The van der Waals surface area contributed by atoms with Crippen LogP contribution in [0, 0.1) is 0 Å². The molecule has 2 aromatic carbocycles. The summed E-state index contributed by atoms with van der Waals surface area (Å²) in [6, 6.07) is 15.9. The number of hydrogen-bond acceptors (Lipinski definition) is 9. The average Bonchev–Trinajstić information content (AvgIpc) is 3.34. The maximum Gasteiger partial charge on any atom is 0.231 e. The lowest BCUT2D eigenvalue weighted by Gasteiger charge is -2.28. The van der Waals surface area contributed by atoms with E-state index in [1.54, 1.807) is 0 Å². The number of nitrogen functional groups attached to an aromatic ring is 1. The molecule has 1 unspecified atom stereocenters. The summed E-state index contributed by atoms with van der Waals surface area (Å²) in [6.07, 6.45) is 4.76. The van der Waals surface area contributed by atoms with Crippen LogP contribution in [0.4, 0.5) is 34.5 Å². The van der Waals surface area contributed by atoms with Gasteiger partial charge in [0, 0.05) is 42.4 Å². The zero-order valence-corrected chi connectivity index (χ0v) is 20.1. The van der Waals surface area contributed by atoms with Gasteiger partial charge in [-0.15, -0.1) is 0 Å². The van der Waals surface area contributed by atoms with Gasteiger partial charge in [0.1, 0.15) is 5.82 Å². The normalized spacial score (nSPS) is 18.3. The summed E-state index contributed by atoms with van der Waals surface area (Å²) in [4.78, 5) is 11.9. The number of benzene rings is 2. The second kappa shape index (κ2) is 10.00. The van der Waals surface area contributed by atoms with E-state index in [2.05, 4.69) is 44.9 Å². The van der Waals surface area contributed by atoms with Crippen LogP contribution in [0.1, 0.15) is 25.5 Å². The van der Waals surface area contributed by atoms with Gasteiger partial charge in [-0.3, -0.25) is 0 Å². The number of ether oxygens (including phenoxy) is 2. The Balaban J connectivity index is 1.33. The summed E-state index contributed by atoms with van der Waals surface area (Å²) in [7, 11) is 0. The van der Waals surface area contributed by atoms with Crippen molar-refractivity contribution >= 4 is 45.5 Å². The van der Waals surface area contributed by atoms with E-state index in [0.717, 1.165) is 74.6 Å². The van der Waals surface area contributed by atoms with Crippen molar-refractivity contribution in [3.8, 4) is 0 Å². The Kier molecular flexibility index (Phi) is 6.27. The van der Waals surface area contributed by atoms with Crippen LogP contribution < -0.4 is 21.3 Å². The van der Waals surface area contributed by atoms with Crippen LogP contribution in [0.5, 0.6) is 0 Å². The van der Waals surface area contributed by atoms with Gasteiger partial charge in [-0.2, -0.15) is 15.1 Å². The molecule has 4 heterocycles. The molecule has 0 bridgehead atoms. The van der Waals surface area contributed by atoms with Crippen molar-refractivity contribution in [1.29, 1.82) is 0 Å². The number of morpholine rings is 1. The molecule has 2 aromatic heterocycles. The molecule has 4 N–H and O–H groups in total. The molecule has 10 nitrogen and oxygen atoms in total. The molecule has 1 atom stereocenters. The van der Waals surface area contributed by atoms with Gasteiger partial charge >= 0.3 is 0 Å². The van der Waals surface area contributed by atoms with E-state index in [1.165, 1.54) is 5.69 Å². The van der Waals surface area contributed by atoms with Crippen molar-refractivity contribution in [2.45, 2.75) is 25.5 Å². The van der Waals surface area contributed by atoms with Gasteiger partial charge in [0.05, 0.1) is 24.8 Å². The van der Waals surface area contributed by atoms with Gasteiger partial charge in [-0.05, 0) is 61.7 Å². The van der Waals surface area contributed by atoms with Crippen LogP contribution >= 0.6 is 0 Å². The minimum Gasteiger partial charge on any atom is -0.399 e. The third-order valence-corrected chi connectivity index (χ3v) is 6.53. The number of rotatable bonds is 6. The van der Waals surface area contributed by atoms with E-state index >= 15 is 0 Å². The van der Waals surface area contributed by atoms with E-state index in [1.807, 2.05) is 35.1 Å². The topological polar surface area (TPSA) is 115 Å². The van der Waals surface area contributed by atoms with E-state index < -0.39 is 0 Å². The molecule has 0 radical (unpaired) electrons. The first kappa shape index (κ1) is 22.6. The number of nitrogens with two attached hydrogens (primary N) is 1. The molecule has 2 aliphatic rings. The molecule has 6 rings (SSSR count). The van der Waals surface area contributed by atoms with Gasteiger partial charge in [-0.1, -0.05) is 6.07 Å². The lowest BCUT2D eigenvalue weighted by atomic mass is 10.2. The fourth-order valence-corrected chi connectivity index (χ4v) is 4.66. The number of fused-ring (bicyclic) bond motifs is 1. The highest BCUT2D eigenvalue weighted by atomic mass is 16.5. The summed E-state index contributed by atoms with van der Waals surface area (Å²) in [5.41, 5.74) is 10.3. The molecule has 2 fully saturated rings. The quantitative estimate of drug-likeness (QED) is 0.340. The van der Waals surface area contributed by atoms with E-state index in [0.29, 0.717) is 17.5 Å². The van der Waals surface area contributed by atoms with Crippen molar-refractivity contribution in [2.75, 3.05) is 54.2 Å². The highest BCUT2D eigenvalue weighted by Gasteiger charge is 2.22. The van der Waals surface area contributed by atoms with Crippen molar-refractivity contribution in [3.05, 3.63) is 54.7 Å². The Morgan fingerprint density at radius 1 is 0.917 bits per heavy atom. The molecule has 4 aromatic rings. The van der Waals surface area contributed by atoms with Crippen LogP contribution in [0.3, 0.4) is 0 Å². The van der Waals surface area contributed by atoms with Crippen molar-refractivity contribution in [3.63, 3.8) is 0 Å². The molecule has 186 valence electrons. The Morgan fingerprint density at radius 3 is 2.56 bits per heavy atom. The SMILES string of the molecule is Nc1cccc(Nc2nc(Nc3ccc(N4CCOCC4)cc3)c3cnn(C4CCCCO4)c3n2)c1. The Morgan fingerprint density at radius 2 is 1.78 bits per heavy atom. The predicted octanol–water partition coefficient (Wildman–Crippen LogP) is 4.43. The summed E-state index contributed by atoms with van der Waals surface area (Å²) in [5.74, 6) is 1.13.